The molecule has 1 aliphatic heterocycles. The van der Waals surface area contributed by atoms with Gasteiger partial charge in [-0.15, -0.1) is 0 Å². The first-order valence-electron chi connectivity index (χ1n) is 7.06. The third-order valence-corrected chi connectivity index (χ3v) is 4.49. The van der Waals surface area contributed by atoms with Gasteiger partial charge < -0.3 is 5.32 Å². The van der Waals surface area contributed by atoms with Gasteiger partial charge in [0, 0.05) is 10.7 Å². The van der Waals surface area contributed by atoms with E-state index in [2.05, 4.69) is 5.32 Å². The summed E-state index contributed by atoms with van der Waals surface area (Å²) in [6, 6.07) is 8.59. The molecule has 0 atom stereocenters. The van der Waals surface area contributed by atoms with Gasteiger partial charge in [-0.2, -0.15) is 0 Å². The molecule has 1 aliphatic rings. The molecule has 1 heterocycles. The van der Waals surface area contributed by atoms with Crippen LogP contribution in [0.25, 0.3) is 0 Å². The second-order valence-electron chi connectivity index (χ2n) is 5.32. The van der Waals surface area contributed by atoms with E-state index >= 15 is 0 Å². The quantitative estimate of drug-likeness (QED) is 0.749. The Morgan fingerprint density at radius 2 is 1.72 bits per heavy atom. The molecular formula is C17H10Cl3FN2O2. The Labute approximate surface area is 157 Å². The molecule has 0 saturated heterocycles. The summed E-state index contributed by atoms with van der Waals surface area (Å²) in [5, 5.41) is 2.83. The van der Waals surface area contributed by atoms with Crippen molar-refractivity contribution in [3.63, 3.8) is 0 Å². The van der Waals surface area contributed by atoms with Crippen LogP contribution in [0.15, 0.2) is 47.1 Å². The molecule has 0 aliphatic carbocycles. The highest BCUT2D eigenvalue weighted by atomic mass is 35.5. The van der Waals surface area contributed by atoms with Crippen molar-refractivity contribution < 1.29 is 14.0 Å². The van der Waals surface area contributed by atoms with Gasteiger partial charge in [-0.25, -0.2) is 9.29 Å². The van der Waals surface area contributed by atoms with Crippen LogP contribution in [0.4, 0.5) is 15.8 Å². The van der Waals surface area contributed by atoms with Gasteiger partial charge in [-0.3, -0.25) is 9.59 Å². The molecule has 8 heteroatoms. The Balaban J connectivity index is 1.95. The molecule has 2 aromatic carbocycles. The van der Waals surface area contributed by atoms with E-state index in [1.165, 1.54) is 12.1 Å². The molecule has 0 bridgehead atoms. The molecule has 4 nitrogen and oxygen atoms in total. The van der Waals surface area contributed by atoms with E-state index < -0.39 is 17.6 Å². The lowest BCUT2D eigenvalue weighted by molar-refractivity contribution is -0.120. The summed E-state index contributed by atoms with van der Waals surface area (Å²) in [7, 11) is 0. The van der Waals surface area contributed by atoms with Gasteiger partial charge in [0.25, 0.3) is 11.8 Å². The van der Waals surface area contributed by atoms with Crippen molar-refractivity contribution in [1.82, 2.24) is 0 Å². The lowest BCUT2D eigenvalue weighted by atomic mass is 10.2. The van der Waals surface area contributed by atoms with Gasteiger partial charge in [0.1, 0.15) is 16.5 Å². The molecule has 0 aromatic heterocycles. The highest BCUT2D eigenvalue weighted by Crippen LogP contribution is 2.33. The Kier molecular flexibility index (Phi) is 4.73. The second kappa shape index (κ2) is 6.67. The number of imide groups is 1. The number of carbonyl (C=O) groups excluding carboxylic acids is 2. The Hall–Kier alpha value is -2.08. The number of hydrogen-bond donors (Lipinski definition) is 1. The normalized spacial score (nSPS) is 14.5. The molecular weight excluding hydrogens is 390 g/mol. The van der Waals surface area contributed by atoms with Crippen LogP contribution in [0.5, 0.6) is 0 Å². The minimum Gasteiger partial charge on any atom is -0.350 e. The van der Waals surface area contributed by atoms with Crippen LogP contribution in [0.3, 0.4) is 0 Å². The molecule has 2 aromatic rings. The summed E-state index contributed by atoms with van der Waals surface area (Å²) in [5.74, 6) is -1.88. The van der Waals surface area contributed by atoms with E-state index in [4.69, 9.17) is 34.8 Å². The summed E-state index contributed by atoms with van der Waals surface area (Å²) >= 11 is 17.7. The lowest BCUT2D eigenvalue weighted by Crippen LogP contribution is -2.32. The van der Waals surface area contributed by atoms with Crippen molar-refractivity contribution in [1.29, 1.82) is 0 Å². The number of nitrogens with zero attached hydrogens (tertiary/aromatic N) is 1. The fourth-order valence-electron chi connectivity index (χ4n) is 2.42. The van der Waals surface area contributed by atoms with Crippen molar-refractivity contribution >= 4 is 58.0 Å². The fraction of sp³-hybridized carbons (Fsp3) is 0.0588. The number of anilines is 2. The molecule has 1 N–H and O–H groups in total. The Morgan fingerprint density at radius 1 is 1.00 bits per heavy atom. The first kappa shape index (κ1) is 17.7. The van der Waals surface area contributed by atoms with Crippen LogP contribution in [0.2, 0.25) is 10.0 Å². The van der Waals surface area contributed by atoms with Gasteiger partial charge in [-0.1, -0.05) is 34.8 Å². The first-order chi connectivity index (χ1) is 11.8. The van der Waals surface area contributed by atoms with Crippen LogP contribution in [-0.2, 0) is 9.59 Å². The zero-order chi connectivity index (χ0) is 18.3. The molecule has 0 unspecified atom stereocenters. The molecule has 2 amide bonds. The highest BCUT2D eigenvalue weighted by Gasteiger charge is 2.39. The molecule has 3 rings (SSSR count). The number of nitrogens with one attached hydrogen (secondary N) is 1. The zero-order valence-electron chi connectivity index (χ0n) is 12.7. The number of rotatable bonds is 3. The predicted molar refractivity (Wildman–Crippen MR) is 96.6 cm³/mol. The number of aryl methyl sites for hydroxylation is 1. The number of carbonyl (C=O) groups is 2. The van der Waals surface area contributed by atoms with Gasteiger partial charge in [0.2, 0.25) is 0 Å². The van der Waals surface area contributed by atoms with Crippen molar-refractivity contribution in [2.75, 3.05) is 10.2 Å². The van der Waals surface area contributed by atoms with E-state index in [-0.39, 0.29) is 15.8 Å². The summed E-state index contributed by atoms with van der Waals surface area (Å²) in [6.07, 6.45) is 0. The van der Waals surface area contributed by atoms with Crippen LogP contribution in [-0.4, -0.2) is 11.8 Å². The van der Waals surface area contributed by atoms with E-state index in [0.29, 0.717) is 22.0 Å². The summed E-state index contributed by atoms with van der Waals surface area (Å²) in [6.45, 7) is 1.72. The molecule has 0 spiro atoms. The van der Waals surface area contributed by atoms with Gasteiger partial charge in [-0.05, 0) is 48.9 Å². The number of halogens is 4. The van der Waals surface area contributed by atoms with Crippen LogP contribution >= 0.6 is 34.8 Å². The fourth-order valence-corrected chi connectivity index (χ4v) is 3.04. The van der Waals surface area contributed by atoms with Gasteiger partial charge >= 0.3 is 0 Å². The van der Waals surface area contributed by atoms with Crippen molar-refractivity contribution in [2.45, 2.75) is 6.92 Å². The maximum absolute atomic E-state index is 13.3. The Morgan fingerprint density at radius 3 is 2.36 bits per heavy atom. The summed E-state index contributed by atoms with van der Waals surface area (Å²) in [4.78, 5) is 26.1. The van der Waals surface area contributed by atoms with Crippen molar-refractivity contribution in [2.24, 2.45) is 0 Å². The zero-order valence-corrected chi connectivity index (χ0v) is 15.0. The first-order valence-corrected chi connectivity index (χ1v) is 8.19. The average molecular weight is 400 g/mol. The van der Waals surface area contributed by atoms with E-state index in [0.717, 1.165) is 11.0 Å². The SMILES string of the molecule is Cc1cc(Cl)ccc1N1C(=O)C(Cl)=C(Nc2ccc(F)c(Cl)c2)C1=O. The van der Waals surface area contributed by atoms with E-state index in [1.807, 2.05) is 0 Å². The summed E-state index contributed by atoms with van der Waals surface area (Å²) < 4.78 is 13.3. The molecule has 0 saturated carbocycles. The minimum atomic E-state index is -0.659. The molecule has 25 heavy (non-hydrogen) atoms. The van der Waals surface area contributed by atoms with E-state index in [1.54, 1.807) is 25.1 Å². The summed E-state index contributed by atoms with van der Waals surface area (Å²) in [5.41, 5.74) is 1.25. The largest absolute Gasteiger partial charge is 0.350 e. The van der Waals surface area contributed by atoms with Gasteiger partial charge in [0.05, 0.1) is 10.7 Å². The topological polar surface area (TPSA) is 49.4 Å². The van der Waals surface area contributed by atoms with Crippen LogP contribution in [0, 0.1) is 12.7 Å². The average Bonchev–Trinajstić information content (AvgIpc) is 2.75. The highest BCUT2D eigenvalue weighted by molar-refractivity contribution is 6.53. The molecule has 128 valence electrons. The second-order valence-corrected chi connectivity index (χ2v) is 6.54. The number of amides is 2. The third-order valence-electron chi connectivity index (χ3n) is 3.62. The smallest absolute Gasteiger partial charge is 0.283 e. The van der Waals surface area contributed by atoms with Crippen molar-refractivity contribution in [3.8, 4) is 0 Å². The van der Waals surface area contributed by atoms with Crippen molar-refractivity contribution in [3.05, 3.63) is 68.6 Å². The minimum absolute atomic E-state index is 0.108. The van der Waals surface area contributed by atoms with Crippen LogP contribution < -0.4 is 10.2 Å². The van der Waals surface area contributed by atoms with Crippen LogP contribution in [0.1, 0.15) is 5.56 Å². The molecule has 0 fully saturated rings. The monoisotopic (exact) mass is 398 g/mol. The molecule has 0 radical (unpaired) electrons. The third kappa shape index (κ3) is 3.23. The maximum atomic E-state index is 13.3. The standard InChI is InChI=1S/C17H10Cl3FN2O2/c1-8-6-9(18)2-5-13(8)23-16(24)14(20)15(17(23)25)22-10-3-4-12(21)11(19)7-10/h2-7,22H,1H3. The van der Waals surface area contributed by atoms with Gasteiger partial charge in [0.15, 0.2) is 0 Å². The number of benzene rings is 2. The van der Waals surface area contributed by atoms with E-state index in [9.17, 15) is 14.0 Å². The maximum Gasteiger partial charge on any atom is 0.283 e. The predicted octanol–water partition coefficient (Wildman–Crippen LogP) is 4.88. The lowest BCUT2D eigenvalue weighted by Gasteiger charge is -2.17. The Bertz CT molecular complexity index is 943. The number of hydrogen-bond acceptors (Lipinski definition) is 3.